The van der Waals surface area contributed by atoms with Crippen LogP contribution in [0.15, 0.2) is 24.3 Å². The van der Waals surface area contributed by atoms with E-state index in [0.717, 1.165) is 18.1 Å². The van der Waals surface area contributed by atoms with Gasteiger partial charge in [0.15, 0.2) is 0 Å². The number of benzene rings is 1. The number of hydrogen-bond donors (Lipinski definition) is 1. The number of thioether (sulfide) groups is 1. The van der Waals surface area contributed by atoms with Crippen LogP contribution in [0.5, 0.6) is 0 Å². The molecule has 2 rings (SSSR count). The van der Waals surface area contributed by atoms with Gasteiger partial charge in [0.05, 0.1) is 0 Å². The zero-order valence-electron chi connectivity index (χ0n) is 9.62. The van der Waals surface area contributed by atoms with Crippen LogP contribution in [0.2, 0.25) is 0 Å². The van der Waals surface area contributed by atoms with Crippen molar-refractivity contribution in [1.82, 2.24) is 5.32 Å². The van der Waals surface area contributed by atoms with Crippen LogP contribution in [-0.2, 0) is 11.2 Å². The number of nitrogens with one attached hydrogen (secondary N) is 1. The summed E-state index contributed by atoms with van der Waals surface area (Å²) in [7, 11) is 0. The molecule has 0 aliphatic carbocycles. The Morgan fingerprint density at radius 2 is 2.29 bits per heavy atom. The maximum atomic E-state index is 13.4. The van der Waals surface area contributed by atoms with Gasteiger partial charge >= 0.3 is 0 Å². The molecule has 0 amide bonds. The minimum Gasteiger partial charge on any atom is -0.312 e. The van der Waals surface area contributed by atoms with Gasteiger partial charge in [0.2, 0.25) is 0 Å². The van der Waals surface area contributed by atoms with E-state index in [1.165, 1.54) is 6.07 Å². The number of halogens is 1. The lowest BCUT2D eigenvalue weighted by Gasteiger charge is -2.22. The average molecular weight is 253 g/mol. The molecule has 1 aromatic rings. The van der Waals surface area contributed by atoms with Crippen molar-refractivity contribution in [3.63, 3.8) is 0 Å². The van der Waals surface area contributed by atoms with Crippen molar-refractivity contribution < 1.29 is 9.18 Å². The second-order valence-corrected chi connectivity index (χ2v) is 5.39. The summed E-state index contributed by atoms with van der Waals surface area (Å²) in [6.45, 7) is 0.961. The Morgan fingerprint density at radius 3 is 3.00 bits per heavy atom. The lowest BCUT2D eigenvalue weighted by molar-refractivity contribution is -0.118. The van der Waals surface area contributed by atoms with Crippen LogP contribution in [0.1, 0.15) is 12.0 Å². The Kier molecular flexibility index (Phi) is 4.57. The van der Waals surface area contributed by atoms with Crippen LogP contribution in [0, 0.1) is 5.82 Å². The molecule has 1 heterocycles. The van der Waals surface area contributed by atoms with Crippen LogP contribution >= 0.6 is 11.8 Å². The molecule has 1 saturated heterocycles. The number of rotatable bonds is 4. The topological polar surface area (TPSA) is 29.1 Å². The van der Waals surface area contributed by atoms with Crippen LogP contribution in [-0.4, -0.2) is 29.9 Å². The minimum absolute atomic E-state index is 0.107. The van der Waals surface area contributed by atoms with E-state index < -0.39 is 0 Å². The summed E-state index contributed by atoms with van der Waals surface area (Å²) in [4.78, 5) is 11.8. The largest absolute Gasteiger partial charge is 0.312 e. The van der Waals surface area contributed by atoms with Gasteiger partial charge in [-0.05, 0) is 11.6 Å². The maximum absolute atomic E-state index is 13.4. The molecule has 2 nitrogen and oxygen atoms in total. The zero-order chi connectivity index (χ0) is 12.1. The van der Waals surface area contributed by atoms with Crippen LogP contribution in [0.25, 0.3) is 0 Å². The molecular weight excluding hydrogens is 237 g/mol. The molecule has 0 radical (unpaired) electrons. The highest BCUT2D eigenvalue weighted by Gasteiger charge is 2.17. The average Bonchev–Trinajstić information content (AvgIpc) is 2.33. The van der Waals surface area contributed by atoms with Gasteiger partial charge in [0, 0.05) is 36.9 Å². The third kappa shape index (κ3) is 3.82. The molecule has 4 heteroatoms. The molecular formula is C13H16FNOS. The molecule has 1 aliphatic heterocycles. The zero-order valence-corrected chi connectivity index (χ0v) is 10.4. The standard InChI is InChI=1S/C13H16FNOS/c14-13-4-2-1-3-10(13)7-12(16)8-11-9-17-6-5-15-11/h1-4,11,15H,5-9H2. The van der Waals surface area contributed by atoms with Crippen molar-refractivity contribution in [3.05, 3.63) is 35.6 Å². The first kappa shape index (κ1) is 12.6. The van der Waals surface area contributed by atoms with Gasteiger partial charge in [-0.2, -0.15) is 11.8 Å². The second kappa shape index (κ2) is 6.17. The third-order valence-corrected chi connectivity index (χ3v) is 3.95. The van der Waals surface area contributed by atoms with E-state index >= 15 is 0 Å². The summed E-state index contributed by atoms with van der Waals surface area (Å²) in [5.74, 6) is 1.91. The first-order valence-electron chi connectivity index (χ1n) is 5.82. The second-order valence-electron chi connectivity index (χ2n) is 4.24. The van der Waals surface area contributed by atoms with E-state index in [-0.39, 0.29) is 24.1 Å². The fourth-order valence-corrected chi connectivity index (χ4v) is 2.90. The minimum atomic E-state index is -0.285. The van der Waals surface area contributed by atoms with Gasteiger partial charge in [-0.15, -0.1) is 0 Å². The Morgan fingerprint density at radius 1 is 1.47 bits per heavy atom. The maximum Gasteiger partial charge on any atom is 0.138 e. The van der Waals surface area contributed by atoms with E-state index in [9.17, 15) is 9.18 Å². The molecule has 92 valence electrons. The van der Waals surface area contributed by atoms with Gasteiger partial charge in [-0.1, -0.05) is 18.2 Å². The number of hydrogen-bond acceptors (Lipinski definition) is 3. The summed E-state index contributed by atoms with van der Waals surface area (Å²) in [6.07, 6.45) is 0.705. The highest BCUT2D eigenvalue weighted by molar-refractivity contribution is 7.99. The highest BCUT2D eigenvalue weighted by Crippen LogP contribution is 2.13. The van der Waals surface area contributed by atoms with Crippen molar-refractivity contribution in [3.8, 4) is 0 Å². The molecule has 0 saturated carbocycles. The van der Waals surface area contributed by atoms with E-state index in [4.69, 9.17) is 0 Å². The normalized spacial score (nSPS) is 20.2. The summed E-state index contributed by atoms with van der Waals surface area (Å²) in [6, 6.07) is 6.74. The van der Waals surface area contributed by atoms with Crippen LogP contribution in [0.4, 0.5) is 4.39 Å². The fraction of sp³-hybridized carbons (Fsp3) is 0.462. The van der Waals surface area contributed by atoms with E-state index in [2.05, 4.69) is 5.32 Å². The van der Waals surface area contributed by atoms with E-state index in [0.29, 0.717) is 12.0 Å². The Bertz CT molecular complexity index is 391. The lowest BCUT2D eigenvalue weighted by atomic mass is 10.0. The van der Waals surface area contributed by atoms with Gasteiger partial charge < -0.3 is 5.32 Å². The van der Waals surface area contributed by atoms with Crippen molar-refractivity contribution in [1.29, 1.82) is 0 Å². The predicted molar refractivity (Wildman–Crippen MR) is 68.8 cm³/mol. The Balaban J connectivity index is 1.86. The van der Waals surface area contributed by atoms with Crippen molar-refractivity contribution in [2.45, 2.75) is 18.9 Å². The van der Waals surface area contributed by atoms with Crippen molar-refractivity contribution in [2.24, 2.45) is 0 Å². The summed E-state index contributed by atoms with van der Waals surface area (Å²) in [5, 5.41) is 3.31. The number of ketones is 1. The summed E-state index contributed by atoms with van der Waals surface area (Å²) >= 11 is 1.87. The molecule has 17 heavy (non-hydrogen) atoms. The van der Waals surface area contributed by atoms with Gasteiger partial charge in [-0.25, -0.2) is 4.39 Å². The third-order valence-electron chi connectivity index (χ3n) is 2.82. The quantitative estimate of drug-likeness (QED) is 0.890. The SMILES string of the molecule is O=C(Cc1ccccc1F)CC1CSCCN1. The Hall–Kier alpha value is -0.870. The molecule has 0 aromatic heterocycles. The fourth-order valence-electron chi connectivity index (χ4n) is 1.95. The summed E-state index contributed by atoms with van der Waals surface area (Å²) < 4.78 is 13.4. The van der Waals surface area contributed by atoms with Crippen molar-refractivity contribution >= 4 is 17.5 Å². The smallest absolute Gasteiger partial charge is 0.138 e. The molecule has 1 aliphatic rings. The van der Waals surface area contributed by atoms with Crippen LogP contribution in [0.3, 0.4) is 0 Å². The van der Waals surface area contributed by atoms with Gasteiger partial charge in [0.1, 0.15) is 11.6 Å². The van der Waals surface area contributed by atoms with Crippen molar-refractivity contribution in [2.75, 3.05) is 18.1 Å². The molecule has 1 fully saturated rings. The first-order valence-corrected chi connectivity index (χ1v) is 6.97. The van der Waals surface area contributed by atoms with Gasteiger partial charge in [-0.3, -0.25) is 4.79 Å². The summed E-state index contributed by atoms with van der Waals surface area (Å²) in [5.41, 5.74) is 0.501. The lowest BCUT2D eigenvalue weighted by Crippen LogP contribution is -2.39. The molecule has 0 bridgehead atoms. The number of Topliss-reactive ketones (excluding diaryl/α,β-unsaturated/α-hetero) is 1. The Labute approximate surface area is 105 Å². The number of carbonyl (C=O) groups is 1. The molecule has 1 atom stereocenters. The monoisotopic (exact) mass is 253 g/mol. The van der Waals surface area contributed by atoms with Crippen LogP contribution < -0.4 is 5.32 Å². The molecule has 1 N–H and O–H groups in total. The van der Waals surface area contributed by atoms with E-state index in [1.54, 1.807) is 18.2 Å². The van der Waals surface area contributed by atoms with E-state index in [1.807, 2.05) is 11.8 Å². The highest BCUT2D eigenvalue weighted by atomic mass is 32.2. The molecule has 0 spiro atoms. The molecule has 1 aromatic carbocycles. The molecule has 1 unspecified atom stereocenters. The predicted octanol–water partition coefficient (Wildman–Crippen LogP) is 2.03. The first-order chi connectivity index (χ1) is 8.25. The van der Waals surface area contributed by atoms with Gasteiger partial charge in [0.25, 0.3) is 0 Å². The number of carbonyl (C=O) groups excluding carboxylic acids is 1.